The van der Waals surface area contributed by atoms with Crippen molar-refractivity contribution in [2.24, 2.45) is 0 Å². The number of carbonyl (C=O) groups is 1. The summed E-state index contributed by atoms with van der Waals surface area (Å²) in [5, 5.41) is 8.70. The molecule has 0 aliphatic heterocycles. The Hall–Kier alpha value is -1.13. The van der Waals surface area contributed by atoms with Crippen LogP contribution in [0.1, 0.15) is 5.56 Å². The molecule has 3 nitrogen and oxygen atoms in total. The van der Waals surface area contributed by atoms with Gasteiger partial charge in [-0.3, -0.25) is 0 Å². The van der Waals surface area contributed by atoms with Gasteiger partial charge in [0.15, 0.2) is 0 Å². The summed E-state index contributed by atoms with van der Waals surface area (Å²) in [7, 11) is 1.54. The third-order valence-corrected chi connectivity index (χ3v) is 2.29. The first-order valence-corrected chi connectivity index (χ1v) is 5.11. The largest absolute Gasteiger partial charge is 0.478 e. The van der Waals surface area contributed by atoms with Crippen molar-refractivity contribution in [2.75, 3.05) is 13.7 Å². The van der Waals surface area contributed by atoms with Crippen LogP contribution in [-0.4, -0.2) is 24.8 Å². The second-order valence-electron chi connectivity index (χ2n) is 2.95. The number of hydrogen-bond donors (Lipinski definition) is 1. The summed E-state index contributed by atoms with van der Waals surface area (Å²) >= 11 is 3.33. The third kappa shape index (κ3) is 3.85. The fraction of sp³-hybridized carbons (Fsp3) is 0.182. The lowest BCUT2D eigenvalue weighted by Crippen LogP contribution is -1.98. The summed E-state index contributed by atoms with van der Waals surface area (Å²) in [6.45, 7) is 0.281. The van der Waals surface area contributed by atoms with E-state index in [4.69, 9.17) is 9.84 Å². The lowest BCUT2D eigenvalue weighted by Gasteiger charge is -2.06. The topological polar surface area (TPSA) is 46.5 Å². The zero-order chi connectivity index (χ0) is 11.3. The van der Waals surface area contributed by atoms with Crippen LogP contribution < -0.4 is 0 Å². The van der Waals surface area contributed by atoms with Gasteiger partial charge in [-0.15, -0.1) is 0 Å². The van der Waals surface area contributed by atoms with E-state index in [0.717, 1.165) is 16.1 Å². The van der Waals surface area contributed by atoms with Crippen molar-refractivity contribution >= 4 is 27.5 Å². The Labute approximate surface area is 96.5 Å². The highest BCUT2D eigenvalue weighted by molar-refractivity contribution is 9.10. The average Bonchev–Trinajstić information content (AvgIpc) is 2.16. The van der Waals surface area contributed by atoms with Gasteiger partial charge in [0.1, 0.15) is 0 Å². The molecule has 0 radical (unpaired) electrons. The van der Waals surface area contributed by atoms with Crippen molar-refractivity contribution in [3.8, 4) is 0 Å². The number of ether oxygens (including phenoxy) is 1. The summed E-state index contributed by atoms with van der Waals surface area (Å²) in [6.07, 6.45) is 1.16. The molecule has 0 aromatic heterocycles. The summed E-state index contributed by atoms with van der Waals surface area (Å²) in [5.41, 5.74) is 1.49. The summed E-state index contributed by atoms with van der Waals surface area (Å²) in [4.78, 5) is 10.6. The maximum absolute atomic E-state index is 10.6. The molecule has 0 aliphatic rings. The highest BCUT2D eigenvalue weighted by Gasteiger charge is 2.04. The molecule has 80 valence electrons. The van der Waals surface area contributed by atoms with Gasteiger partial charge in [0, 0.05) is 17.7 Å². The number of benzene rings is 1. The first-order chi connectivity index (χ1) is 7.13. The van der Waals surface area contributed by atoms with Gasteiger partial charge in [-0.05, 0) is 23.3 Å². The zero-order valence-corrected chi connectivity index (χ0v) is 9.82. The predicted octanol–water partition coefficient (Wildman–Crippen LogP) is 2.56. The molecule has 0 saturated heterocycles. The van der Waals surface area contributed by atoms with E-state index in [-0.39, 0.29) is 6.61 Å². The van der Waals surface area contributed by atoms with Crippen LogP contribution in [0.4, 0.5) is 0 Å². The van der Waals surface area contributed by atoms with E-state index in [2.05, 4.69) is 15.9 Å². The van der Waals surface area contributed by atoms with E-state index in [1.54, 1.807) is 0 Å². The second kappa shape index (κ2) is 5.68. The van der Waals surface area contributed by atoms with Crippen LogP contribution in [0.2, 0.25) is 0 Å². The van der Waals surface area contributed by atoms with Crippen molar-refractivity contribution in [3.05, 3.63) is 40.4 Å². The van der Waals surface area contributed by atoms with E-state index < -0.39 is 5.97 Å². The van der Waals surface area contributed by atoms with E-state index in [0.29, 0.717) is 5.57 Å². The molecule has 0 saturated carbocycles. The number of carboxylic acid groups (broad SMARTS) is 1. The number of carboxylic acids is 1. The van der Waals surface area contributed by atoms with Crippen molar-refractivity contribution in [1.82, 2.24) is 0 Å². The van der Waals surface area contributed by atoms with Gasteiger partial charge in [0.05, 0.1) is 6.61 Å². The Morgan fingerprint density at radius 2 is 2.33 bits per heavy atom. The number of methoxy groups -OCH3 is 1. The first kappa shape index (κ1) is 11.9. The highest BCUT2D eigenvalue weighted by Crippen LogP contribution is 2.19. The Morgan fingerprint density at radius 1 is 1.60 bits per heavy atom. The summed E-state index contributed by atoms with van der Waals surface area (Å²) in [5.74, 6) is -0.970. The molecule has 1 aromatic carbocycles. The molecule has 0 amide bonds. The highest BCUT2D eigenvalue weighted by atomic mass is 79.9. The van der Waals surface area contributed by atoms with Gasteiger partial charge in [0.2, 0.25) is 0 Å². The minimum absolute atomic E-state index is 0.281. The van der Waals surface area contributed by atoms with Crippen LogP contribution in [0.25, 0.3) is 5.57 Å². The molecule has 15 heavy (non-hydrogen) atoms. The Bertz CT molecular complexity index is 385. The van der Waals surface area contributed by atoms with Crippen molar-refractivity contribution in [1.29, 1.82) is 0 Å². The van der Waals surface area contributed by atoms with E-state index in [1.165, 1.54) is 7.11 Å². The van der Waals surface area contributed by atoms with E-state index in [9.17, 15) is 4.79 Å². The SMILES string of the molecule is COC/C(=C\C(=O)O)c1cccc(Br)c1. The molecule has 0 bridgehead atoms. The number of aliphatic carboxylic acids is 1. The van der Waals surface area contributed by atoms with Gasteiger partial charge in [-0.1, -0.05) is 28.1 Å². The van der Waals surface area contributed by atoms with Crippen LogP contribution in [-0.2, 0) is 9.53 Å². The quantitative estimate of drug-likeness (QED) is 0.856. The molecule has 0 spiro atoms. The molecule has 0 fully saturated rings. The maximum Gasteiger partial charge on any atom is 0.328 e. The molecule has 0 heterocycles. The molecule has 0 unspecified atom stereocenters. The van der Waals surface area contributed by atoms with Crippen molar-refractivity contribution in [2.45, 2.75) is 0 Å². The van der Waals surface area contributed by atoms with Crippen LogP contribution >= 0.6 is 15.9 Å². The van der Waals surface area contributed by atoms with Gasteiger partial charge < -0.3 is 9.84 Å². The number of halogens is 1. The van der Waals surface area contributed by atoms with Gasteiger partial charge in [0.25, 0.3) is 0 Å². The normalized spacial score (nSPS) is 11.5. The monoisotopic (exact) mass is 270 g/mol. The second-order valence-corrected chi connectivity index (χ2v) is 3.87. The van der Waals surface area contributed by atoms with Gasteiger partial charge in [-0.2, -0.15) is 0 Å². The first-order valence-electron chi connectivity index (χ1n) is 4.32. The van der Waals surface area contributed by atoms with Gasteiger partial charge in [-0.25, -0.2) is 4.79 Å². The molecular formula is C11H11BrO3. The maximum atomic E-state index is 10.6. The Morgan fingerprint density at radius 3 is 2.87 bits per heavy atom. The minimum Gasteiger partial charge on any atom is -0.478 e. The van der Waals surface area contributed by atoms with Crippen molar-refractivity contribution < 1.29 is 14.6 Å². The standard InChI is InChI=1S/C11H11BrO3/c1-15-7-9(6-11(13)14)8-3-2-4-10(12)5-8/h2-6H,7H2,1H3,(H,13,14)/b9-6+. The van der Waals surface area contributed by atoms with E-state index >= 15 is 0 Å². The lowest BCUT2D eigenvalue weighted by molar-refractivity contribution is -0.131. The van der Waals surface area contributed by atoms with Crippen molar-refractivity contribution in [3.63, 3.8) is 0 Å². The minimum atomic E-state index is -0.970. The fourth-order valence-corrected chi connectivity index (χ4v) is 1.60. The molecule has 0 aliphatic carbocycles. The van der Waals surface area contributed by atoms with Crippen LogP contribution in [0.3, 0.4) is 0 Å². The van der Waals surface area contributed by atoms with Crippen LogP contribution in [0.15, 0.2) is 34.8 Å². The molecule has 1 rings (SSSR count). The molecule has 4 heteroatoms. The average molecular weight is 271 g/mol. The fourth-order valence-electron chi connectivity index (χ4n) is 1.20. The molecule has 1 N–H and O–H groups in total. The Balaban J connectivity index is 3.04. The smallest absolute Gasteiger partial charge is 0.328 e. The number of rotatable bonds is 4. The van der Waals surface area contributed by atoms with Crippen LogP contribution in [0.5, 0.6) is 0 Å². The van der Waals surface area contributed by atoms with Crippen LogP contribution in [0, 0.1) is 0 Å². The molecule has 1 aromatic rings. The third-order valence-electron chi connectivity index (χ3n) is 1.79. The summed E-state index contributed by atoms with van der Waals surface area (Å²) in [6, 6.07) is 7.44. The lowest BCUT2D eigenvalue weighted by atomic mass is 10.1. The zero-order valence-electron chi connectivity index (χ0n) is 8.24. The van der Waals surface area contributed by atoms with Gasteiger partial charge >= 0.3 is 5.97 Å². The summed E-state index contributed by atoms with van der Waals surface area (Å²) < 4.78 is 5.86. The molecule has 0 atom stereocenters. The Kier molecular flexibility index (Phi) is 4.52. The number of hydrogen-bond acceptors (Lipinski definition) is 2. The predicted molar refractivity (Wildman–Crippen MR) is 61.6 cm³/mol. The van der Waals surface area contributed by atoms with E-state index in [1.807, 2.05) is 24.3 Å². The molecular weight excluding hydrogens is 260 g/mol.